The SMILES string of the molecule is CC(C)(C)C(=O)Cn1nc(C(F)(F)F)oc1=O. The quantitative estimate of drug-likeness (QED) is 0.799. The van der Waals surface area contributed by atoms with Crippen LogP contribution < -0.4 is 5.76 Å². The number of ketones is 1. The van der Waals surface area contributed by atoms with Crippen LogP contribution in [0.4, 0.5) is 13.2 Å². The van der Waals surface area contributed by atoms with Crippen molar-refractivity contribution in [1.29, 1.82) is 0 Å². The Balaban J connectivity index is 2.99. The highest BCUT2D eigenvalue weighted by Gasteiger charge is 2.39. The molecule has 0 spiro atoms. The topological polar surface area (TPSA) is 65.1 Å². The van der Waals surface area contributed by atoms with E-state index in [-0.39, 0.29) is 0 Å². The van der Waals surface area contributed by atoms with Gasteiger partial charge in [0, 0.05) is 5.41 Å². The summed E-state index contributed by atoms with van der Waals surface area (Å²) in [5, 5.41) is 2.93. The first-order valence-electron chi connectivity index (χ1n) is 4.70. The molecule has 0 aliphatic rings. The minimum absolute atomic E-state index is 0.371. The first-order chi connectivity index (χ1) is 7.51. The molecule has 0 N–H and O–H groups in total. The molecular weight excluding hydrogens is 241 g/mol. The van der Waals surface area contributed by atoms with E-state index in [4.69, 9.17) is 0 Å². The van der Waals surface area contributed by atoms with E-state index < -0.39 is 35.6 Å². The largest absolute Gasteiger partial charge is 0.470 e. The van der Waals surface area contributed by atoms with Crippen molar-refractivity contribution in [3.8, 4) is 0 Å². The lowest BCUT2D eigenvalue weighted by atomic mass is 9.91. The Labute approximate surface area is 94.2 Å². The summed E-state index contributed by atoms with van der Waals surface area (Å²) in [5.74, 6) is -3.36. The van der Waals surface area contributed by atoms with Crippen molar-refractivity contribution in [2.45, 2.75) is 33.5 Å². The van der Waals surface area contributed by atoms with Gasteiger partial charge in [-0.3, -0.25) is 4.79 Å². The molecule has 1 aromatic rings. The molecule has 5 nitrogen and oxygen atoms in total. The number of hydrogen-bond acceptors (Lipinski definition) is 4. The van der Waals surface area contributed by atoms with Gasteiger partial charge in [-0.25, -0.2) is 4.79 Å². The summed E-state index contributed by atoms with van der Waals surface area (Å²) in [5.41, 5.74) is -0.767. The van der Waals surface area contributed by atoms with E-state index in [1.165, 1.54) is 0 Å². The predicted octanol–water partition coefficient (Wildman–Crippen LogP) is 1.47. The summed E-state index contributed by atoms with van der Waals surface area (Å²) in [6.45, 7) is 4.23. The Bertz CT molecular complexity index is 479. The second kappa shape index (κ2) is 4.01. The van der Waals surface area contributed by atoms with E-state index in [2.05, 4.69) is 9.52 Å². The van der Waals surface area contributed by atoms with Crippen LogP contribution in [0.15, 0.2) is 9.21 Å². The minimum Gasteiger partial charge on any atom is -0.383 e. The van der Waals surface area contributed by atoms with Crippen LogP contribution in [-0.4, -0.2) is 15.6 Å². The Morgan fingerprint density at radius 3 is 2.24 bits per heavy atom. The van der Waals surface area contributed by atoms with E-state index in [1.54, 1.807) is 20.8 Å². The molecule has 1 aromatic heterocycles. The normalized spacial score (nSPS) is 12.8. The average Bonchev–Trinajstić information content (AvgIpc) is 2.45. The van der Waals surface area contributed by atoms with Crippen LogP contribution in [0.2, 0.25) is 0 Å². The molecule has 17 heavy (non-hydrogen) atoms. The fourth-order valence-electron chi connectivity index (χ4n) is 0.894. The highest BCUT2D eigenvalue weighted by molar-refractivity contribution is 5.83. The number of nitrogens with zero attached hydrogens (tertiary/aromatic N) is 2. The van der Waals surface area contributed by atoms with Gasteiger partial charge in [-0.2, -0.15) is 17.9 Å². The van der Waals surface area contributed by atoms with E-state index in [9.17, 15) is 22.8 Å². The maximum atomic E-state index is 12.2. The molecule has 0 amide bonds. The Morgan fingerprint density at radius 2 is 1.88 bits per heavy atom. The zero-order valence-corrected chi connectivity index (χ0v) is 9.46. The maximum absolute atomic E-state index is 12.2. The lowest BCUT2D eigenvalue weighted by Crippen LogP contribution is -2.29. The molecule has 0 aromatic carbocycles. The molecule has 0 unspecified atom stereocenters. The van der Waals surface area contributed by atoms with Gasteiger partial charge in [-0.1, -0.05) is 20.8 Å². The number of aromatic nitrogens is 2. The number of hydrogen-bond donors (Lipinski definition) is 0. The first kappa shape index (κ1) is 13.5. The lowest BCUT2D eigenvalue weighted by molar-refractivity contribution is -0.157. The molecule has 0 fully saturated rings. The molecule has 0 aliphatic heterocycles. The van der Waals surface area contributed by atoms with Crippen LogP contribution in [0, 0.1) is 5.41 Å². The number of halogens is 3. The Hall–Kier alpha value is -1.60. The van der Waals surface area contributed by atoms with Crippen LogP contribution >= 0.6 is 0 Å². The first-order valence-corrected chi connectivity index (χ1v) is 4.70. The van der Waals surface area contributed by atoms with Gasteiger partial charge in [0.2, 0.25) is 0 Å². The van der Waals surface area contributed by atoms with Crippen LogP contribution in [0.25, 0.3) is 0 Å². The number of carbonyl (C=O) groups excluding carboxylic acids is 1. The third-order valence-corrected chi connectivity index (χ3v) is 1.98. The molecule has 1 rings (SSSR count). The highest BCUT2D eigenvalue weighted by Crippen LogP contribution is 2.26. The third kappa shape index (κ3) is 3.18. The van der Waals surface area contributed by atoms with E-state index in [1.807, 2.05) is 0 Å². The van der Waals surface area contributed by atoms with Gasteiger partial charge in [0.05, 0.1) is 0 Å². The molecule has 0 radical (unpaired) electrons. The molecular formula is C9H11F3N2O3. The van der Waals surface area contributed by atoms with E-state index >= 15 is 0 Å². The van der Waals surface area contributed by atoms with Gasteiger partial charge < -0.3 is 4.42 Å². The maximum Gasteiger partial charge on any atom is 0.470 e. The Morgan fingerprint density at radius 1 is 1.35 bits per heavy atom. The molecule has 96 valence electrons. The van der Waals surface area contributed by atoms with Crippen molar-refractivity contribution in [2.75, 3.05) is 0 Å². The third-order valence-electron chi connectivity index (χ3n) is 1.98. The summed E-state index contributed by atoms with van der Waals surface area (Å²) in [6.07, 6.45) is -4.84. The van der Waals surface area contributed by atoms with Crippen LogP contribution in [0.1, 0.15) is 26.7 Å². The van der Waals surface area contributed by atoms with Crippen molar-refractivity contribution < 1.29 is 22.4 Å². The summed E-state index contributed by atoms with van der Waals surface area (Å²) in [7, 11) is 0. The Kier molecular flexibility index (Phi) is 3.17. The average molecular weight is 252 g/mol. The van der Waals surface area contributed by atoms with Gasteiger partial charge >= 0.3 is 17.8 Å². The molecule has 0 bridgehead atoms. The monoisotopic (exact) mass is 252 g/mol. The van der Waals surface area contributed by atoms with Crippen molar-refractivity contribution in [3.63, 3.8) is 0 Å². The lowest BCUT2D eigenvalue weighted by Gasteiger charge is -2.15. The molecule has 0 aliphatic carbocycles. The number of alkyl halides is 3. The van der Waals surface area contributed by atoms with Gasteiger partial charge in [0.25, 0.3) is 0 Å². The van der Waals surface area contributed by atoms with Crippen molar-refractivity contribution in [1.82, 2.24) is 9.78 Å². The highest BCUT2D eigenvalue weighted by atomic mass is 19.4. The van der Waals surface area contributed by atoms with Gasteiger partial charge in [0.15, 0.2) is 5.78 Å². The second-order valence-corrected chi connectivity index (χ2v) is 4.50. The van der Waals surface area contributed by atoms with Crippen LogP contribution in [0.3, 0.4) is 0 Å². The summed E-state index contributed by atoms with van der Waals surface area (Å²) in [4.78, 5) is 22.6. The van der Waals surface area contributed by atoms with Crippen LogP contribution in [-0.2, 0) is 17.5 Å². The fourth-order valence-corrected chi connectivity index (χ4v) is 0.894. The number of rotatable bonds is 2. The van der Waals surface area contributed by atoms with E-state index in [0.717, 1.165) is 0 Å². The molecule has 0 saturated heterocycles. The zero-order chi connectivity index (χ0) is 13.4. The predicted molar refractivity (Wildman–Crippen MR) is 50.2 cm³/mol. The fraction of sp³-hybridized carbons (Fsp3) is 0.667. The van der Waals surface area contributed by atoms with Gasteiger partial charge in [-0.05, 0) is 0 Å². The van der Waals surface area contributed by atoms with Crippen molar-refractivity contribution >= 4 is 5.78 Å². The van der Waals surface area contributed by atoms with Gasteiger partial charge in [-0.15, -0.1) is 5.10 Å². The summed E-state index contributed by atoms with van der Waals surface area (Å²) in [6, 6.07) is 0. The number of carbonyl (C=O) groups is 1. The second-order valence-electron chi connectivity index (χ2n) is 4.50. The van der Waals surface area contributed by atoms with Gasteiger partial charge in [0.1, 0.15) is 6.54 Å². The molecule has 0 saturated carbocycles. The molecule has 1 heterocycles. The van der Waals surface area contributed by atoms with Crippen molar-refractivity contribution in [2.24, 2.45) is 5.41 Å². The smallest absolute Gasteiger partial charge is 0.383 e. The molecule has 0 atom stereocenters. The summed E-state index contributed by atoms with van der Waals surface area (Å²) < 4.78 is 40.8. The molecule has 8 heteroatoms. The summed E-state index contributed by atoms with van der Waals surface area (Å²) >= 11 is 0. The van der Waals surface area contributed by atoms with E-state index in [0.29, 0.717) is 4.68 Å². The number of Topliss-reactive ketones (excluding diaryl/α,β-unsaturated/α-hetero) is 1. The standard InChI is InChI=1S/C9H11F3N2O3/c1-8(2,3)5(15)4-14-7(16)17-6(13-14)9(10,11)12/h4H2,1-3H3. The minimum atomic E-state index is -4.84. The van der Waals surface area contributed by atoms with Crippen LogP contribution in [0.5, 0.6) is 0 Å². The van der Waals surface area contributed by atoms with Crippen molar-refractivity contribution in [3.05, 3.63) is 16.4 Å². The zero-order valence-electron chi connectivity index (χ0n) is 9.46.